The van der Waals surface area contributed by atoms with Crippen molar-refractivity contribution in [2.75, 3.05) is 6.54 Å². The molecule has 1 rings (SSSR count). The number of hydrogen-bond donors (Lipinski definition) is 2. The maximum absolute atomic E-state index is 13.6. The molecule has 1 aromatic rings. The van der Waals surface area contributed by atoms with Crippen molar-refractivity contribution in [3.05, 3.63) is 35.9 Å². The van der Waals surface area contributed by atoms with Crippen LogP contribution < -0.4 is 5.73 Å². The zero-order valence-electron chi connectivity index (χ0n) is 7.86. The minimum atomic E-state index is -3.44. The van der Waals surface area contributed by atoms with Crippen LogP contribution in [0.25, 0.3) is 0 Å². The first-order valence-electron chi connectivity index (χ1n) is 4.36. The van der Waals surface area contributed by atoms with E-state index < -0.39 is 24.4 Å². The van der Waals surface area contributed by atoms with Crippen molar-refractivity contribution >= 4 is 5.97 Å². The Balaban J connectivity index is 3.05. The van der Waals surface area contributed by atoms with Crippen LogP contribution in [-0.4, -0.2) is 17.6 Å². The van der Waals surface area contributed by atoms with Gasteiger partial charge in [-0.1, -0.05) is 30.3 Å². The van der Waals surface area contributed by atoms with Crippen LogP contribution in [0.2, 0.25) is 0 Å². The quantitative estimate of drug-likeness (QED) is 0.798. The second-order valence-electron chi connectivity index (χ2n) is 3.12. The van der Waals surface area contributed by atoms with E-state index in [0.29, 0.717) is 0 Å². The largest absolute Gasteiger partial charge is 0.481 e. The summed E-state index contributed by atoms with van der Waals surface area (Å²) in [5.41, 5.74) is 4.71. The number of halogens is 2. The lowest BCUT2D eigenvalue weighted by Gasteiger charge is -2.22. The summed E-state index contributed by atoms with van der Waals surface area (Å²) in [4.78, 5) is 10.6. The molecule has 0 radical (unpaired) electrons. The summed E-state index contributed by atoms with van der Waals surface area (Å²) < 4.78 is 27.2. The third-order valence-corrected chi connectivity index (χ3v) is 2.13. The van der Waals surface area contributed by atoms with Crippen molar-refractivity contribution in [3.63, 3.8) is 0 Å². The lowest BCUT2D eigenvalue weighted by atomic mass is 9.95. The zero-order valence-corrected chi connectivity index (χ0v) is 7.86. The van der Waals surface area contributed by atoms with E-state index >= 15 is 0 Å². The Morgan fingerprint density at radius 3 is 2.33 bits per heavy atom. The molecule has 0 aliphatic heterocycles. The monoisotopic (exact) mass is 215 g/mol. The van der Waals surface area contributed by atoms with Crippen molar-refractivity contribution < 1.29 is 18.7 Å². The minimum absolute atomic E-state index is 0.331. The Bertz CT molecular complexity index is 341. The molecule has 0 aromatic heterocycles. The highest BCUT2D eigenvalue weighted by Crippen LogP contribution is 2.35. The van der Waals surface area contributed by atoms with Gasteiger partial charge in [0, 0.05) is 12.1 Å². The fourth-order valence-corrected chi connectivity index (χ4v) is 1.27. The predicted molar refractivity (Wildman–Crippen MR) is 50.5 cm³/mol. The number of carbonyl (C=O) groups is 1. The number of carboxylic acid groups (broad SMARTS) is 1. The fraction of sp³-hybridized carbons (Fsp3) is 0.300. The smallest absolute Gasteiger partial charge is 0.314 e. The van der Waals surface area contributed by atoms with Crippen molar-refractivity contribution in [2.24, 2.45) is 11.7 Å². The molecule has 0 spiro atoms. The van der Waals surface area contributed by atoms with E-state index in [0.717, 1.165) is 0 Å². The SMILES string of the molecule is NCC(C(=O)O)C(F)(F)c1ccccc1. The highest BCUT2D eigenvalue weighted by atomic mass is 19.3. The van der Waals surface area contributed by atoms with Gasteiger partial charge >= 0.3 is 5.97 Å². The molecular weight excluding hydrogens is 204 g/mol. The van der Waals surface area contributed by atoms with Gasteiger partial charge in [0.1, 0.15) is 5.92 Å². The average Bonchev–Trinajstić information content (AvgIpc) is 2.19. The number of nitrogens with two attached hydrogens (primary N) is 1. The lowest BCUT2D eigenvalue weighted by Crippen LogP contribution is -2.37. The van der Waals surface area contributed by atoms with Crippen molar-refractivity contribution in [1.82, 2.24) is 0 Å². The second kappa shape index (κ2) is 4.35. The Morgan fingerprint density at radius 2 is 1.93 bits per heavy atom. The van der Waals surface area contributed by atoms with Gasteiger partial charge in [0.15, 0.2) is 0 Å². The van der Waals surface area contributed by atoms with Gasteiger partial charge in [-0.05, 0) is 0 Å². The van der Waals surface area contributed by atoms with Crippen molar-refractivity contribution in [1.29, 1.82) is 0 Å². The molecule has 5 heteroatoms. The molecule has 0 saturated carbocycles. The molecule has 0 saturated heterocycles. The summed E-state index contributed by atoms with van der Waals surface area (Å²) in [6.45, 7) is -0.600. The molecule has 0 bridgehead atoms. The van der Waals surface area contributed by atoms with Gasteiger partial charge in [-0.15, -0.1) is 0 Å². The number of benzene rings is 1. The van der Waals surface area contributed by atoms with Crippen molar-refractivity contribution in [2.45, 2.75) is 5.92 Å². The molecule has 0 amide bonds. The molecule has 15 heavy (non-hydrogen) atoms. The Hall–Kier alpha value is -1.49. The van der Waals surface area contributed by atoms with Gasteiger partial charge in [0.05, 0.1) is 0 Å². The van der Waals surface area contributed by atoms with Gasteiger partial charge < -0.3 is 10.8 Å². The van der Waals surface area contributed by atoms with Gasteiger partial charge in [0.25, 0.3) is 5.92 Å². The first kappa shape index (κ1) is 11.6. The predicted octanol–water partition coefficient (Wildman–Crippen LogP) is 1.44. The number of aliphatic carboxylic acids is 1. The summed E-state index contributed by atoms with van der Waals surface area (Å²) in [5.74, 6) is -6.92. The Labute approximate surface area is 85.5 Å². The Kier molecular flexibility index (Phi) is 3.36. The van der Waals surface area contributed by atoms with Crippen LogP contribution in [0.1, 0.15) is 5.56 Å². The van der Waals surface area contributed by atoms with Crippen LogP contribution in [0.4, 0.5) is 8.78 Å². The maximum Gasteiger partial charge on any atom is 0.314 e. The summed E-state index contributed by atoms with van der Waals surface area (Å²) in [6, 6.07) is 6.81. The molecule has 0 fully saturated rings. The van der Waals surface area contributed by atoms with E-state index in [4.69, 9.17) is 10.8 Å². The van der Waals surface area contributed by atoms with Crippen LogP contribution in [0.15, 0.2) is 30.3 Å². The number of hydrogen-bond acceptors (Lipinski definition) is 2. The van der Waals surface area contributed by atoms with Gasteiger partial charge in [-0.25, -0.2) is 8.78 Å². The third-order valence-electron chi connectivity index (χ3n) is 2.13. The van der Waals surface area contributed by atoms with Crippen LogP contribution in [0.3, 0.4) is 0 Å². The fourth-order valence-electron chi connectivity index (χ4n) is 1.27. The molecule has 1 unspecified atom stereocenters. The van der Waals surface area contributed by atoms with Crippen LogP contribution >= 0.6 is 0 Å². The number of carboxylic acids is 1. The van der Waals surface area contributed by atoms with Crippen LogP contribution in [-0.2, 0) is 10.7 Å². The third kappa shape index (κ3) is 2.30. The molecule has 1 aromatic carbocycles. The Morgan fingerprint density at radius 1 is 1.40 bits per heavy atom. The van der Waals surface area contributed by atoms with E-state index in [1.807, 2.05) is 0 Å². The van der Waals surface area contributed by atoms with Crippen LogP contribution in [0.5, 0.6) is 0 Å². The molecular formula is C10H11F2NO2. The number of alkyl halides is 2. The topological polar surface area (TPSA) is 63.3 Å². The second-order valence-corrected chi connectivity index (χ2v) is 3.12. The number of rotatable bonds is 4. The summed E-state index contributed by atoms with van der Waals surface area (Å²) >= 11 is 0. The van der Waals surface area contributed by atoms with Crippen molar-refractivity contribution in [3.8, 4) is 0 Å². The average molecular weight is 215 g/mol. The molecule has 1 atom stereocenters. The first-order valence-corrected chi connectivity index (χ1v) is 4.36. The lowest BCUT2D eigenvalue weighted by molar-refractivity contribution is -0.157. The molecule has 0 heterocycles. The molecule has 3 nitrogen and oxygen atoms in total. The molecule has 0 aliphatic rings. The zero-order chi connectivity index (χ0) is 11.5. The van der Waals surface area contributed by atoms with Gasteiger partial charge in [-0.2, -0.15) is 0 Å². The molecule has 0 aliphatic carbocycles. The first-order chi connectivity index (χ1) is 7.00. The standard InChI is InChI=1S/C10H11F2NO2/c11-10(12,8(6-13)9(14)15)7-4-2-1-3-5-7/h1-5,8H,6,13H2,(H,14,15). The van der Waals surface area contributed by atoms with E-state index in [-0.39, 0.29) is 5.56 Å². The van der Waals surface area contributed by atoms with Crippen LogP contribution in [0, 0.1) is 5.92 Å². The highest BCUT2D eigenvalue weighted by Gasteiger charge is 2.45. The summed E-state index contributed by atoms with van der Waals surface area (Å²) in [6.07, 6.45) is 0. The minimum Gasteiger partial charge on any atom is -0.481 e. The normalized spacial score (nSPS) is 13.5. The van der Waals surface area contributed by atoms with Gasteiger partial charge in [-0.3, -0.25) is 4.79 Å². The van der Waals surface area contributed by atoms with E-state index in [1.165, 1.54) is 24.3 Å². The van der Waals surface area contributed by atoms with Gasteiger partial charge in [0.2, 0.25) is 0 Å². The maximum atomic E-state index is 13.6. The summed E-state index contributed by atoms with van der Waals surface area (Å²) in [5, 5.41) is 8.61. The van der Waals surface area contributed by atoms with E-state index in [9.17, 15) is 13.6 Å². The summed E-state index contributed by atoms with van der Waals surface area (Å²) in [7, 11) is 0. The molecule has 82 valence electrons. The van der Waals surface area contributed by atoms with E-state index in [1.54, 1.807) is 6.07 Å². The highest BCUT2D eigenvalue weighted by molar-refractivity contribution is 5.72. The molecule has 3 N–H and O–H groups in total. The van der Waals surface area contributed by atoms with E-state index in [2.05, 4.69) is 0 Å².